The molecular weight excluding hydrogens is 268 g/mol. The summed E-state index contributed by atoms with van der Waals surface area (Å²) in [6.07, 6.45) is 0. The third-order valence-corrected chi connectivity index (χ3v) is 4.25. The number of amides is 1. The standard InChI is InChI=1S/C16H20N2OS/c1-12-4-6-14(7-5-12)17-16(19)11-18(3)10-15-13(2)8-9-20-15/h4-9H,10-11H2,1-3H3,(H,17,19)/p+1. The highest BCUT2D eigenvalue weighted by atomic mass is 32.1. The van der Waals surface area contributed by atoms with Crippen molar-refractivity contribution < 1.29 is 9.69 Å². The molecule has 106 valence electrons. The molecule has 2 N–H and O–H groups in total. The number of thiophene rings is 1. The highest BCUT2D eigenvalue weighted by molar-refractivity contribution is 7.10. The number of benzene rings is 1. The monoisotopic (exact) mass is 289 g/mol. The number of likely N-dealkylation sites (N-methyl/N-ethyl adjacent to an activating group) is 1. The number of hydrogen-bond donors (Lipinski definition) is 2. The Kier molecular flexibility index (Phi) is 4.93. The predicted octanol–water partition coefficient (Wildman–Crippen LogP) is 2.02. The molecule has 0 aliphatic rings. The Morgan fingerprint density at radius 1 is 1.20 bits per heavy atom. The Labute approximate surface area is 124 Å². The number of carbonyl (C=O) groups is 1. The van der Waals surface area contributed by atoms with E-state index in [0.717, 1.165) is 12.2 Å². The van der Waals surface area contributed by atoms with E-state index in [1.54, 1.807) is 11.3 Å². The molecule has 4 heteroatoms. The van der Waals surface area contributed by atoms with Crippen LogP contribution in [0.5, 0.6) is 0 Å². The van der Waals surface area contributed by atoms with Gasteiger partial charge >= 0.3 is 0 Å². The minimum Gasteiger partial charge on any atom is -0.325 e. The van der Waals surface area contributed by atoms with E-state index in [9.17, 15) is 4.79 Å². The maximum atomic E-state index is 12.0. The zero-order valence-corrected chi connectivity index (χ0v) is 13.0. The summed E-state index contributed by atoms with van der Waals surface area (Å²) in [5, 5.41) is 5.04. The van der Waals surface area contributed by atoms with Gasteiger partial charge in [-0.05, 0) is 43.0 Å². The summed E-state index contributed by atoms with van der Waals surface area (Å²) in [6, 6.07) is 10.0. The maximum absolute atomic E-state index is 12.0. The van der Waals surface area contributed by atoms with Crippen molar-refractivity contribution in [3.63, 3.8) is 0 Å². The van der Waals surface area contributed by atoms with Gasteiger partial charge in [0.05, 0.1) is 11.9 Å². The van der Waals surface area contributed by atoms with E-state index < -0.39 is 0 Å². The van der Waals surface area contributed by atoms with Crippen LogP contribution in [-0.2, 0) is 11.3 Å². The summed E-state index contributed by atoms with van der Waals surface area (Å²) < 4.78 is 0. The molecule has 0 saturated heterocycles. The van der Waals surface area contributed by atoms with Crippen LogP contribution in [0.15, 0.2) is 35.7 Å². The summed E-state index contributed by atoms with van der Waals surface area (Å²) in [7, 11) is 2.05. The summed E-state index contributed by atoms with van der Waals surface area (Å²) in [5.41, 5.74) is 3.37. The summed E-state index contributed by atoms with van der Waals surface area (Å²) in [6.45, 7) is 5.52. The van der Waals surface area contributed by atoms with E-state index in [1.807, 2.05) is 38.2 Å². The largest absolute Gasteiger partial charge is 0.325 e. The second-order valence-corrected chi connectivity index (χ2v) is 6.25. The topological polar surface area (TPSA) is 33.5 Å². The van der Waals surface area contributed by atoms with Gasteiger partial charge in [-0.15, -0.1) is 11.3 Å². The fraction of sp³-hybridized carbons (Fsp3) is 0.312. The van der Waals surface area contributed by atoms with E-state index in [0.29, 0.717) is 6.54 Å². The van der Waals surface area contributed by atoms with Gasteiger partial charge in [0.25, 0.3) is 5.91 Å². The molecule has 0 fully saturated rings. The molecule has 0 saturated carbocycles. The minimum atomic E-state index is 0.0561. The fourth-order valence-electron chi connectivity index (χ4n) is 2.04. The van der Waals surface area contributed by atoms with Crippen LogP contribution in [-0.4, -0.2) is 19.5 Å². The van der Waals surface area contributed by atoms with Crippen molar-refractivity contribution in [2.45, 2.75) is 20.4 Å². The fourth-order valence-corrected chi connectivity index (χ4v) is 3.06. The molecule has 1 heterocycles. The van der Waals surface area contributed by atoms with Crippen LogP contribution >= 0.6 is 11.3 Å². The van der Waals surface area contributed by atoms with Crippen LogP contribution in [0.1, 0.15) is 16.0 Å². The van der Waals surface area contributed by atoms with Crippen molar-refractivity contribution in [3.05, 3.63) is 51.7 Å². The summed E-state index contributed by atoms with van der Waals surface area (Å²) in [4.78, 5) is 14.5. The third kappa shape index (κ3) is 4.18. The van der Waals surface area contributed by atoms with E-state index in [-0.39, 0.29) is 5.91 Å². The first-order valence-electron chi connectivity index (χ1n) is 6.75. The normalized spacial score (nSPS) is 12.2. The Bertz CT molecular complexity index is 574. The molecule has 0 spiro atoms. The van der Waals surface area contributed by atoms with Crippen molar-refractivity contribution in [1.29, 1.82) is 0 Å². The highest BCUT2D eigenvalue weighted by Crippen LogP contribution is 2.13. The van der Waals surface area contributed by atoms with E-state index in [2.05, 4.69) is 23.7 Å². The molecule has 1 atom stereocenters. The third-order valence-electron chi connectivity index (χ3n) is 3.23. The molecule has 0 aliphatic carbocycles. The van der Waals surface area contributed by atoms with Crippen molar-refractivity contribution >= 4 is 22.9 Å². The molecule has 20 heavy (non-hydrogen) atoms. The molecular formula is C16H21N2OS+. The average molecular weight is 289 g/mol. The predicted molar refractivity (Wildman–Crippen MR) is 84.3 cm³/mol. The Morgan fingerprint density at radius 2 is 1.90 bits per heavy atom. The molecule has 2 rings (SSSR count). The van der Waals surface area contributed by atoms with Gasteiger partial charge in [0.1, 0.15) is 6.54 Å². The van der Waals surface area contributed by atoms with Gasteiger partial charge in [-0.2, -0.15) is 0 Å². The van der Waals surface area contributed by atoms with Gasteiger partial charge in [0, 0.05) is 5.69 Å². The number of hydrogen-bond acceptors (Lipinski definition) is 2. The lowest BCUT2D eigenvalue weighted by molar-refractivity contribution is -0.884. The molecule has 1 aromatic heterocycles. The second-order valence-electron chi connectivity index (χ2n) is 5.25. The van der Waals surface area contributed by atoms with Crippen LogP contribution in [0.4, 0.5) is 5.69 Å². The molecule has 0 aliphatic heterocycles. The Balaban J connectivity index is 1.85. The lowest BCUT2D eigenvalue weighted by Crippen LogP contribution is -3.08. The quantitative estimate of drug-likeness (QED) is 0.867. The smallest absolute Gasteiger partial charge is 0.279 e. The first-order valence-corrected chi connectivity index (χ1v) is 7.63. The van der Waals surface area contributed by atoms with Crippen molar-refractivity contribution in [2.24, 2.45) is 0 Å². The van der Waals surface area contributed by atoms with Crippen LogP contribution in [0, 0.1) is 13.8 Å². The van der Waals surface area contributed by atoms with Crippen molar-refractivity contribution in [3.8, 4) is 0 Å². The molecule has 0 radical (unpaired) electrons. The van der Waals surface area contributed by atoms with Crippen LogP contribution < -0.4 is 10.2 Å². The second kappa shape index (κ2) is 6.68. The Hall–Kier alpha value is -1.65. The Morgan fingerprint density at radius 3 is 2.50 bits per heavy atom. The maximum Gasteiger partial charge on any atom is 0.279 e. The van der Waals surface area contributed by atoms with E-state index >= 15 is 0 Å². The van der Waals surface area contributed by atoms with E-state index in [1.165, 1.54) is 20.9 Å². The van der Waals surface area contributed by atoms with Gasteiger partial charge in [-0.25, -0.2) is 0 Å². The van der Waals surface area contributed by atoms with Crippen molar-refractivity contribution in [2.75, 3.05) is 18.9 Å². The summed E-state index contributed by atoms with van der Waals surface area (Å²) in [5.74, 6) is 0.0561. The SMILES string of the molecule is Cc1ccc(NC(=O)C[NH+](C)Cc2sccc2C)cc1. The summed E-state index contributed by atoms with van der Waals surface area (Å²) >= 11 is 1.76. The van der Waals surface area contributed by atoms with Crippen LogP contribution in [0.2, 0.25) is 0 Å². The molecule has 1 unspecified atom stereocenters. The lowest BCUT2D eigenvalue weighted by atomic mass is 10.2. The van der Waals surface area contributed by atoms with Crippen molar-refractivity contribution in [1.82, 2.24) is 0 Å². The average Bonchev–Trinajstić information content (AvgIpc) is 2.77. The van der Waals surface area contributed by atoms with Gasteiger partial charge in [-0.1, -0.05) is 17.7 Å². The zero-order chi connectivity index (χ0) is 14.5. The molecule has 2 aromatic rings. The number of quaternary nitrogens is 1. The molecule has 1 amide bonds. The highest BCUT2D eigenvalue weighted by Gasteiger charge is 2.12. The van der Waals surface area contributed by atoms with Gasteiger partial charge in [0.15, 0.2) is 6.54 Å². The first kappa shape index (κ1) is 14.8. The van der Waals surface area contributed by atoms with Crippen LogP contribution in [0.3, 0.4) is 0 Å². The van der Waals surface area contributed by atoms with Gasteiger partial charge in [-0.3, -0.25) is 4.79 Å². The first-order chi connectivity index (χ1) is 9.54. The van der Waals surface area contributed by atoms with E-state index in [4.69, 9.17) is 0 Å². The molecule has 3 nitrogen and oxygen atoms in total. The number of nitrogens with one attached hydrogen (secondary N) is 2. The zero-order valence-electron chi connectivity index (χ0n) is 12.2. The van der Waals surface area contributed by atoms with Gasteiger partial charge in [0.2, 0.25) is 0 Å². The minimum absolute atomic E-state index is 0.0561. The number of aryl methyl sites for hydroxylation is 2. The van der Waals surface area contributed by atoms with Gasteiger partial charge < -0.3 is 10.2 Å². The number of carbonyl (C=O) groups excluding carboxylic acids is 1. The molecule has 1 aromatic carbocycles. The number of anilines is 1. The number of rotatable bonds is 5. The lowest BCUT2D eigenvalue weighted by Gasteiger charge is -2.13. The van der Waals surface area contributed by atoms with Crippen LogP contribution in [0.25, 0.3) is 0 Å². The molecule has 0 bridgehead atoms.